The number of carbonyl (C=O) groups excluding carboxylic acids is 2. The maximum absolute atomic E-state index is 13.2. The number of benzene rings is 1. The molecule has 9 nitrogen and oxygen atoms in total. The monoisotopic (exact) mass is 465 g/mol. The Bertz CT molecular complexity index is 1400. The summed E-state index contributed by atoms with van der Waals surface area (Å²) in [6.45, 7) is 7.15. The van der Waals surface area contributed by atoms with Crippen molar-refractivity contribution in [3.05, 3.63) is 69.4 Å². The summed E-state index contributed by atoms with van der Waals surface area (Å²) in [6, 6.07) is 9.37. The lowest BCUT2D eigenvalue weighted by molar-refractivity contribution is 0.0525. The molecule has 170 valence electrons. The first-order valence-electron chi connectivity index (χ1n) is 10.4. The number of para-hydroxylation sites is 1. The van der Waals surface area contributed by atoms with Crippen molar-refractivity contribution >= 4 is 34.5 Å². The van der Waals surface area contributed by atoms with Crippen molar-refractivity contribution < 1.29 is 14.3 Å². The number of aromatic amines is 2. The van der Waals surface area contributed by atoms with Crippen molar-refractivity contribution in [3.8, 4) is 5.69 Å². The Morgan fingerprint density at radius 3 is 2.61 bits per heavy atom. The normalized spacial score (nSPS) is 12.1. The molecule has 0 aliphatic rings. The number of ether oxygens (including phenoxy) is 1. The zero-order valence-electron chi connectivity index (χ0n) is 18.6. The van der Waals surface area contributed by atoms with Gasteiger partial charge in [0.1, 0.15) is 5.39 Å². The summed E-state index contributed by atoms with van der Waals surface area (Å²) in [6.07, 6.45) is 1.47. The van der Waals surface area contributed by atoms with E-state index in [9.17, 15) is 14.4 Å². The van der Waals surface area contributed by atoms with Gasteiger partial charge in [-0.15, -0.1) is 0 Å². The average molecular weight is 466 g/mol. The van der Waals surface area contributed by atoms with Gasteiger partial charge in [0, 0.05) is 5.69 Å². The largest absolute Gasteiger partial charge is 0.462 e. The van der Waals surface area contributed by atoms with Crippen molar-refractivity contribution in [1.29, 1.82) is 0 Å². The second-order valence-corrected chi connectivity index (χ2v) is 8.80. The first-order valence-corrected chi connectivity index (χ1v) is 11.3. The molecule has 0 saturated heterocycles. The highest BCUT2D eigenvalue weighted by Gasteiger charge is 2.27. The summed E-state index contributed by atoms with van der Waals surface area (Å²) < 4.78 is 6.69. The van der Waals surface area contributed by atoms with Gasteiger partial charge in [0.25, 0.3) is 5.56 Å². The highest BCUT2D eigenvalue weighted by atomic mass is 32.2. The van der Waals surface area contributed by atoms with Gasteiger partial charge in [-0.1, -0.05) is 30.0 Å². The molecule has 3 heterocycles. The Kier molecular flexibility index (Phi) is 6.19. The lowest BCUT2D eigenvalue weighted by Gasteiger charge is -2.10. The van der Waals surface area contributed by atoms with Crippen LogP contribution in [-0.4, -0.2) is 48.3 Å². The second-order valence-electron chi connectivity index (χ2n) is 7.47. The Hall–Kier alpha value is -3.66. The minimum Gasteiger partial charge on any atom is -0.462 e. The number of fused-ring (bicyclic) bond motifs is 1. The van der Waals surface area contributed by atoms with E-state index in [0.29, 0.717) is 38.7 Å². The van der Waals surface area contributed by atoms with Crippen LogP contribution in [0.1, 0.15) is 46.0 Å². The second kappa shape index (κ2) is 9.07. The van der Waals surface area contributed by atoms with E-state index in [-0.39, 0.29) is 17.9 Å². The number of aryl methyl sites for hydroxylation is 1. The van der Waals surface area contributed by atoms with E-state index in [1.165, 1.54) is 6.20 Å². The molecule has 0 fully saturated rings. The Labute approximate surface area is 193 Å². The number of carbonyl (C=O) groups is 2. The van der Waals surface area contributed by atoms with Crippen LogP contribution in [0, 0.1) is 13.8 Å². The molecule has 4 aromatic rings. The van der Waals surface area contributed by atoms with Gasteiger partial charge in [-0.25, -0.2) is 14.5 Å². The van der Waals surface area contributed by atoms with Gasteiger partial charge in [-0.3, -0.25) is 9.59 Å². The topological polar surface area (TPSA) is 123 Å². The van der Waals surface area contributed by atoms with E-state index in [1.807, 2.05) is 30.3 Å². The molecular formula is C23H23N5O4S. The smallest absolute Gasteiger partial charge is 0.340 e. The van der Waals surface area contributed by atoms with Gasteiger partial charge in [-0.05, 0) is 45.4 Å². The number of hydrogen-bond donors (Lipinski definition) is 2. The summed E-state index contributed by atoms with van der Waals surface area (Å²) in [5, 5.41) is 4.38. The number of aromatic nitrogens is 5. The fourth-order valence-electron chi connectivity index (χ4n) is 3.64. The average Bonchev–Trinajstić information content (AvgIpc) is 3.34. The van der Waals surface area contributed by atoms with Crippen molar-refractivity contribution in [3.63, 3.8) is 0 Å². The summed E-state index contributed by atoms with van der Waals surface area (Å²) in [4.78, 5) is 48.3. The molecule has 2 N–H and O–H groups in total. The van der Waals surface area contributed by atoms with Crippen LogP contribution in [0.5, 0.6) is 0 Å². The number of nitrogens with zero attached hydrogens (tertiary/aromatic N) is 3. The zero-order chi connectivity index (χ0) is 23.7. The van der Waals surface area contributed by atoms with Crippen LogP contribution in [0.25, 0.3) is 16.7 Å². The minimum atomic E-state index is -0.578. The first-order chi connectivity index (χ1) is 15.8. The van der Waals surface area contributed by atoms with E-state index in [2.05, 4.69) is 20.1 Å². The number of esters is 1. The Balaban J connectivity index is 1.64. The van der Waals surface area contributed by atoms with Crippen LogP contribution >= 0.6 is 11.8 Å². The molecule has 10 heteroatoms. The minimum absolute atomic E-state index is 0.213. The predicted molar refractivity (Wildman–Crippen MR) is 125 cm³/mol. The number of thioether (sulfide) groups is 1. The molecule has 33 heavy (non-hydrogen) atoms. The fraction of sp³-hybridized carbons (Fsp3) is 0.261. The van der Waals surface area contributed by atoms with E-state index >= 15 is 0 Å². The number of nitrogens with one attached hydrogen (secondary N) is 2. The van der Waals surface area contributed by atoms with Crippen LogP contribution < -0.4 is 5.56 Å². The van der Waals surface area contributed by atoms with Crippen LogP contribution in [0.4, 0.5) is 0 Å². The Morgan fingerprint density at radius 2 is 1.91 bits per heavy atom. The van der Waals surface area contributed by atoms with Gasteiger partial charge in [0.15, 0.2) is 16.6 Å². The maximum Gasteiger partial charge on any atom is 0.340 e. The molecule has 0 saturated carbocycles. The van der Waals surface area contributed by atoms with E-state index in [1.54, 1.807) is 32.4 Å². The van der Waals surface area contributed by atoms with Crippen molar-refractivity contribution in [2.24, 2.45) is 0 Å². The van der Waals surface area contributed by atoms with Crippen LogP contribution in [0.15, 0.2) is 46.5 Å². The molecule has 1 unspecified atom stereocenters. The lowest BCUT2D eigenvalue weighted by atomic mass is 10.1. The molecule has 0 aliphatic heterocycles. The molecule has 1 atom stereocenters. The van der Waals surface area contributed by atoms with E-state index in [4.69, 9.17) is 4.74 Å². The number of hydrogen-bond acceptors (Lipinski definition) is 7. The summed E-state index contributed by atoms with van der Waals surface area (Å²) in [5.74, 6) is -0.677. The van der Waals surface area contributed by atoms with Crippen LogP contribution in [-0.2, 0) is 4.74 Å². The number of Topliss-reactive ketones (excluding diaryl/α,β-unsaturated/α-hetero) is 1. The molecule has 0 spiro atoms. The van der Waals surface area contributed by atoms with Gasteiger partial charge >= 0.3 is 5.97 Å². The number of H-pyrrole nitrogens is 2. The van der Waals surface area contributed by atoms with Crippen molar-refractivity contribution in [2.45, 2.75) is 38.1 Å². The summed E-state index contributed by atoms with van der Waals surface area (Å²) in [5.41, 5.74) is 2.68. The SMILES string of the molecule is CCOC(=O)c1c(C)[nH]c(C(=O)C(C)Sc2nc3c(cnn3-c3ccccc3)c(=O)[nH]2)c1C. The third kappa shape index (κ3) is 4.21. The summed E-state index contributed by atoms with van der Waals surface area (Å²) >= 11 is 1.13. The van der Waals surface area contributed by atoms with E-state index in [0.717, 1.165) is 17.4 Å². The highest BCUT2D eigenvalue weighted by Crippen LogP contribution is 2.27. The lowest BCUT2D eigenvalue weighted by Crippen LogP contribution is -2.18. The van der Waals surface area contributed by atoms with E-state index < -0.39 is 11.2 Å². The summed E-state index contributed by atoms with van der Waals surface area (Å²) in [7, 11) is 0. The zero-order valence-corrected chi connectivity index (χ0v) is 19.4. The predicted octanol–water partition coefficient (Wildman–Crippen LogP) is 3.59. The van der Waals surface area contributed by atoms with Crippen molar-refractivity contribution in [1.82, 2.24) is 24.7 Å². The Morgan fingerprint density at radius 1 is 1.18 bits per heavy atom. The standard InChI is InChI=1S/C23H23N5O4S/c1-5-32-22(31)17-12(2)18(25-13(17)3)19(29)14(4)33-23-26-20-16(21(30)27-23)11-24-28(20)15-9-7-6-8-10-15/h6-11,14,25H,5H2,1-4H3,(H,26,27,30). The molecule has 0 bridgehead atoms. The molecule has 0 radical (unpaired) electrons. The first kappa shape index (κ1) is 22.5. The van der Waals surface area contributed by atoms with Gasteiger partial charge in [0.05, 0.1) is 35.0 Å². The number of ketones is 1. The van der Waals surface area contributed by atoms with Gasteiger partial charge in [0.2, 0.25) is 0 Å². The highest BCUT2D eigenvalue weighted by molar-refractivity contribution is 8.00. The molecule has 4 rings (SSSR count). The third-order valence-corrected chi connectivity index (χ3v) is 6.22. The fourth-order valence-corrected chi connectivity index (χ4v) is 4.49. The quantitative estimate of drug-likeness (QED) is 0.185. The van der Waals surface area contributed by atoms with Gasteiger partial charge in [-0.2, -0.15) is 5.10 Å². The van der Waals surface area contributed by atoms with Crippen LogP contribution in [0.3, 0.4) is 0 Å². The molecule has 0 aliphatic carbocycles. The molecular weight excluding hydrogens is 442 g/mol. The molecule has 3 aromatic heterocycles. The van der Waals surface area contributed by atoms with Gasteiger partial charge < -0.3 is 14.7 Å². The molecule has 0 amide bonds. The third-order valence-electron chi connectivity index (χ3n) is 5.24. The van der Waals surface area contributed by atoms with Crippen LogP contribution in [0.2, 0.25) is 0 Å². The van der Waals surface area contributed by atoms with Crippen molar-refractivity contribution in [2.75, 3.05) is 6.61 Å². The maximum atomic E-state index is 13.2. The number of rotatable bonds is 7. The molecule has 1 aromatic carbocycles.